The smallest absolute Gasteiger partial charge is 0.323 e. The molecule has 6 nitrogen and oxygen atoms in total. The van der Waals surface area contributed by atoms with E-state index in [-0.39, 0.29) is 12.2 Å². The van der Waals surface area contributed by atoms with Crippen LogP contribution < -0.4 is 11.0 Å². The number of aromatic nitrogens is 3. The van der Waals surface area contributed by atoms with Crippen LogP contribution in [-0.4, -0.2) is 20.1 Å². The number of hydrogen-bond donors (Lipinski definition) is 1. The van der Waals surface area contributed by atoms with Gasteiger partial charge in [-0.15, -0.1) is 5.10 Å². The van der Waals surface area contributed by atoms with Gasteiger partial charge in [-0.25, -0.2) is 9.48 Å². The molecule has 0 bridgehead atoms. The Labute approximate surface area is 134 Å². The maximum absolute atomic E-state index is 12.1. The second-order valence-corrected chi connectivity index (χ2v) is 5.39. The number of fused-ring (bicyclic) bond motifs is 1. The van der Waals surface area contributed by atoms with Crippen molar-refractivity contribution in [3.05, 3.63) is 63.1 Å². The van der Waals surface area contributed by atoms with Crippen LogP contribution in [0.4, 0.5) is 5.69 Å². The summed E-state index contributed by atoms with van der Waals surface area (Å²) >= 11 is 11.8. The van der Waals surface area contributed by atoms with Gasteiger partial charge in [-0.1, -0.05) is 29.3 Å². The van der Waals surface area contributed by atoms with Crippen molar-refractivity contribution in [3.63, 3.8) is 0 Å². The Balaban J connectivity index is 1.83. The summed E-state index contributed by atoms with van der Waals surface area (Å²) in [5, 5.41) is 7.50. The third kappa shape index (κ3) is 2.84. The van der Waals surface area contributed by atoms with Gasteiger partial charge in [0.05, 0.1) is 10.7 Å². The molecule has 3 aromatic rings. The van der Waals surface area contributed by atoms with E-state index in [4.69, 9.17) is 23.2 Å². The third-order valence-corrected chi connectivity index (χ3v) is 3.55. The third-order valence-electron chi connectivity index (χ3n) is 2.98. The van der Waals surface area contributed by atoms with E-state index in [1.54, 1.807) is 36.5 Å². The molecule has 1 N–H and O–H groups in total. The van der Waals surface area contributed by atoms with Crippen molar-refractivity contribution in [2.24, 2.45) is 0 Å². The Morgan fingerprint density at radius 3 is 2.82 bits per heavy atom. The molecular weight excluding hydrogens is 327 g/mol. The van der Waals surface area contributed by atoms with Crippen molar-refractivity contribution >= 4 is 40.4 Å². The summed E-state index contributed by atoms with van der Waals surface area (Å²) in [6, 6.07) is 9.89. The first-order chi connectivity index (χ1) is 10.5. The lowest BCUT2D eigenvalue weighted by molar-refractivity contribution is -0.117. The minimum atomic E-state index is -0.422. The Bertz CT molecular complexity index is 917. The minimum absolute atomic E-state index is 0.219. The van der Waals surface area contributed by atoms with Gasteiger partial charge in [0.25, 0.3) is 0 Å². The Morgan fingerprint density at radius 1 is 1.23 bits per heavy atom. The number of carbonyl (C=O) groups is 1. The molecule has 0 aliphatic carbocycles. The van der Waals surface area contributed by atoms with Gasteiger partial charge in [-0.2, -0.15) is 0 Å². The van der Waals surface area contributed by atoms with Crippen LogP contribution >= 0.6 is 23.2 Å². The van der Waals surface area contributed by atoms with Crippen LogP contribution in [0, 0.1) is 0 Å². The molecule has 0 saturated heterocycles. The molecule has 0 spiro atoms. The van der Waals surface area contributed by atoms with Gasteiger partial charge in [0.15, 0.2) is 5.65 Å². The van der Waals surface area contributed by atoms with E-state index in [1.165, 1.54) is 10.5 Å². The SMILES string of the molecule is O=C(Cn1nc2ccccn2c1=O)Nc1cc(Cl)ccc1Cl. The van der Waals surface area contributed by atoms with Crippen molar-refractivity contribution < 1.29 is 4.79 Å². The van der Waals surface area contributed by atoms with E-state index >= 15 is 0 Å². The summed E-state index contributed by atoms with van der Waals surface area (Å²) in [6.45, 7) is -0.219. The molecule has 2 heterocycles. The molecule has 0 radical (unpaired) electrons. The molecule has 112 valence electrons. The standard InChI is InChI=1S/C14H10Cl2N4O2/c15-9-4-5-10(16)11(7-9)17-13(21)8-20-14(22)19-6-2-1-3-12(19)18-20/h1-7H,8H2,(H,17,21). The van der Waals surface area contributed by atoms with Crippen LogP contribution in [0.15, 0.2) is 47.4 Å². The molecule has 8 heteroatoms. The number of nitrogens with one attached hydrogen (secondary N) is 1. The summed E-state index contributed by atoms with van der Waals surface area (Å²) in [7, 11) is 0. The molecule has 0 fully saturated rings. The lowest BCUT2D eigenvalue weighted by Gasteiger charge is -2.07. The minimum Gasteiger partial charge on any atom is -0.323 e. The summed E-state index contributed by atoms with van der Waals surface area (Å²) in [6.07, 6.45) is 1.59. The summed E-state index contributed by atoms with van der Waals surface area (Å²) in [4.78, 5) is 24.1. The zero-order valence-electron chi connectivity index (χ0n) is 11.2. The zero-order valence-corrected chi connectivity index (χ0v) is 12.7. The Kier molecular flexibility index (Phi) is 3.87. The average Bonchev–Trinajstić information content (AvgIpc) is 2.80. The van der Waals surface area contributed by atoms with Crippen molar-refractivity contribution in [1.82, 2.24) is 14.2 Å². The van der Waals surface area contributed by atoms with E-state index in [0.717, 1.165) is 4.68 Å². The second-order valence-electron chi connectivity index (χ2n) is 4.54. The van der Waals surface area contributed by atoms with Gasteiger partial charge in [0.2, 0.25) is 5.91 Å². The number of halogens is 2. The maximum Gasteiger partial charge on any atom is 0.350 e. The zero-order chi connectivity index (χ0) is 15.7. The Morgan fingerprint density at radius 2 is 2.05 bits per heavy atom. The molecule has 3 rings (SSSR count). The fraction of sp³-hybridized carbons (Fsp3) is 0.0714. The highest BCUT2D eigenvalue weighted by Crippen LogP contribution is 2.25. The number of rotatable bonds is 3. The molecule has 2 aromatic heterocycles. The van der Waals surface area contributed by atoms with Crippen molar-refractivity contribution in [2.45, 2.75) is 6.54 Å². The first-order valence-corrected chi connectivity index (χ1v) is 7.09. The predicted octanol–water partition coefficient (Wildman–Crippen LogP) is 2.44. The van der Waals surface area contributed by atoms with E-state index < -0.39 is 5.91 Å². The molecule has 22 heavy (non-hydrogen) atoms. The van der Waals surface area contributed by atoms with Gasteiger partial charge < -0.3 is 5.32 Å². The largest absolute Gasteiger partial charge is 0.350 e. The van der Waals surface area contributed by atoms with E-state index in [1.807, 2.05) is 0 Å². The van der Waals surface area contributed by atoms with Gasteiger partial charge in [-0.05, 0) is 30.3 Å². The highest BCUT2D eigenvalue weighted by molar-refractivity contribution is 6.35. The molecule has 0 aliphatic rings. The van der Waals surface area contributed by atoms with Crippen LogP contribution in [0.2, 0.25) is 10.0 Å². The molecule has 0 unspecified atom stereocenters. The van der Waals surface area contributed by atoms with Crippen LogP contribution in [0.25, 0.3) is 5.65 Å². The Hall–Kier alpha value is -2.31. The first-order valence-electron chi connectivity index (χ1n) is 6.34. The van der Waals surface area contributed by atoms with Gasteiger partial charge in [0, 0.05) is 11.2 Å². The lowest BCUT2D eigenvalue weighted by Crippen LogP contribution is -2.28. The van der Waals surface area contributed by atoms with Crippen LogP contribution in [0.1, 0.15) is 0 Å². The predicted molar refractivity (Wildman–Crippen MR) is 84.5 cm³/mol. The molecule has 1 aromatic carbocycles. The van der Waals surface area contributed by atoms with Gasteiger partial charge >= 0.3 is 5.69 Å². The highest BCUT2D eigenvalue weighted by Gasteiger charge is 2.12. The fourth-order valence-electron chi connectivity index (χ4n) is 1.99. The van der Waals surface area contributed by atoms with E-state index in [9.17, 15) is 9.59 Å². The summed E-state index contributed by atoms with van der Waals surface area (Å²) < 4.78 is 2.45. The number of benzene rings is 1. The van der Waals surface area contributed by atoms with E-state index in [0.29, 0.717) is 21.4 Å². The average molecular weight is 337 g/mol. The van der Waals surface area contributed by atoms with Gasteiger partial charge in [-0.3, -0.25) is 9.20 Å². The molecule has 0 aliphatic heterocycles. The van der Waals surface area contributed by atoms with Crippen LogP contribution in [0.3, 0.4) is 0 Å². The number of nitrogens with zero attached hydrogens (tertiary/aromatic N) is 3. The second kappa shape index (κ2) is 5.82. The quantitative estimate of drug-likeness (QED) is 0.798. The first kappa shape index (κ1) is 14.6. The van der Waals surface area contributed by atoms with Gasteiger partial charge in [0.1, 0.15) is 6.54 Å². The molecule has 0 atom stereocenters. The number of carbonyl (C=O) groups excluding carboxylic acids is 1. The monoisotopic (exact) mass is 336 g/mol. The number of amides is 1. The van der Waals surface area contributed by atoms with Crippen molar-refractivity contribution in [3.8, 4) is 0 Å². The van der Waals surface area contributed by atoms with Crippen molar-refractivity contribution in [2.75, 3.05) is 5.32 Å². The molecule has 1 amide bonds. The fourth-order valence-corrected chi connectivity index (χ4v) is 2.33. The number of hydrogen-bond acceptors (Lipinski definition) is 3. The maximum atomic E-state index is 12.1. The molecule has 0 saturated carbocycles. The van der Waals surface area contributed by atoms with Crippen LogP contribution in [-0.2, 0) is 11.3 Å². The van der Waals surface area contributed by atoms with Crippen LogP contribution in [0.5, 0.6) is 0 Å². The normalized spacial score (nSPS) is 10.8. The highest BCUT2D eigenvalue weighted by atomic mass is 35.5. The molecular formula is C14H10Cl2N4O2. The number of anilines is 1. The van der Waals surface area contributed by atoms with E-state index in [2.05, 4.69) is 10.4 Å². The number of pyridine rings is 1. The lowest BCUT2D eigenvalue weighted by atomic mass is 10.3. The topological polar surface area (TPSA) is 68.4 Å². The summed E-state index contributed by atoms with van der Waals surface area (Å²) in [5.41, 5.74) is 0.472. The summed E-state index contributed by atoms with van der Waals surface area (Å²) in [5.74, 6) is -0.422. The van der Waals surface area contributed by atoms with Crippen molar-refractivity contribution in [1.29, 1.82) is 0 Å².